The molecule has 3 heteroatoms. The van der Waals surface area contributed by atoms with Gasteiger partial charge in [-0.25, -0.2) is 4.39 Å². The van der Waals surface area contributed by atoms with Crippen LogP contribution in [0.25, 0.3) is 0 Å². The maximum atomic E-state index is 13.5. The minimum absolute atomic E-state index is 0.0499. The Morgan fingerprint density at radius 2 is 2.05 bits per heavy atom. The van der Waals surface area contributed by atoms with Crippen LogP contribution in [0.3, 0.4) is 0 Å². The van der Waals surface area contributed by atoms with Crippen LogP contribution in [0.2, 0.25) is 0 Å². The van der Waals surface area contributed by atoms with Crippen LogP contribution in [0, 0.1) is 18.7 Å². The average molecular weight is 272 g/mol. The van der Waals surface area contributed by atoms with Crippen molar-refractivity contribution in [1.29, 1.82) is 0 Å². The molecule has 20 heavy (non-hydrogen) atoms. The van der Waals surface area contributed by atoms with Crippen molar-refractivity contribution in [2.45, 2.75) is 19.4 Å². The molecule has 0 saturated heterocycles. The van der Waals surface area contributed by atoms with E-state index in [0.717, 1.165) is 23.3 Å². The SMILES string of the molecule is Cc1cc(F)cc(C(O)C2COc3ccccc3C2)c1. The van der Waals surface area contributed by atoms with Crippen LogP contribution in [-0.4, -0.2) is 11.7 Å². The number of hydrogen-bond donors (Lipinski definition) is 1. The van der Waals surface area contributed by atoms with Crippen LogP contribution in [0.5, 0.6) is 5.75 Å². The molecule has 2 aromatic carbocycles. The standard InChI is InChI=1S/C17H17FO2/c1-11-6-13(9-15(18)7-11)17(19)14-8-12-4-2-3-5-16(12)20-10-14/h2-7,9,14,17,19H,8,10H2,1H3. The number of aliphatic hydroxyl groups is 1. The molecule has 104 valence electrons. The molecule has 1 aliphatic heterocycles. The highest BCUT2D eigenvalue weighted by Crippen LogP contribution is 2.33. The van der Waals surface area contributed by atoms with Crippen molar-refractivity contribution < 1.29 is 14.2 Å². The van der Waals surface area contributed by atoms with Gasteiger partial charge in [0.1, 0.15) is 11.6 Å². The van der Waals surface area contributed by atoms with Crippen LogP contribution in [0.4, 0.5) is 4.39 Å². The predicted octanol–water partition coefficient (Wildman–Crippen LogP) is 3.42. The highest BCUT2D eigenvalue weighted by Gasteiger charge is 2.27. The summed E-state index contributed by atoms with van der Waals surface area (Å²) in [7, 11) is 0. The number of benzene rings is 2. The van der Waals surface area contributed by atoms with Gasteiger partial charge in [0.2, 0.25) is 0 Å². The number of hydrogen-bond acceptors (Lipinski definition) is 2. The maximum absolute atomic E-state index is 13.5. The smallest absolute Gasteiger partial charge is 0.123 e. The molecule has 0 amide bonds. The minimum atomic E-state index is -0.710. The second-order valence-corrected chi connectivity index (χ2v) is 5.39. The zero-order chi connectivity index (χ0) is 14.1. The van der Waals surface area contributed by atoms with Gasteiger partial charge in [0.05, 0.1) is 12.7 Å². The van der Waals surface area contributed by atoms with Crippen molar-refractivity contribution in [3.63, 3.8) is 0 Å². The molecular weight excluding hydrogens is 255 g/mol. The van der Waals surface area contributed by atoms with E-state index in [2.05, 4.69) is 0 Å². The molecule has 1 aliphatic rings. The van der Waals surface area contributed by atoms with Crippen LogP contribution >= 0.6 is 0 Å². The molecular formula is C17H17FO2. The second kappa shape index (κ2) is 5.25. The van der Waals surface area contributed by atoms with Crippen LogP contribution in [-0.2, 0) is 6.42 Å². The van der Waals surface area contributed by atoms with E-state index >= 15 is 0 Å². The predicted molar refractivity (Wildman–Crippen MR) is 75.2 cm³/mol. The van der Waals surface area contributed by atoms with E-state index in [4.69, 9.17) is 4.74 Å². The van der Waals surface area contributed by atoms with Gasteiger partial charge in [-0.3, -0.25) is 0 Å². The quantitative estimate of drug-likeness (QED) is 0.907. The summed E-state index contributed by atoms with van der Waals surface area (Å²) in [5.41, 5.74) is 2.53. The molecule has 1 N–H and O–H groups in total. The van der Waals surface area contributed by atoms with Gasteiger partial charge in [0.15, 0.2) is 0 Å². The summed E-state index contributed by atoms with van der Waals surface area (Å²) in [6.45, 7) is 2.28. The van der Waals surface area contributed by atoms with Crippen molar-refractivity contribution in [3.05, 3.63) is 65.0 Å². The number of rotatable bonds is 2. The van der Waals surface area contributed by atoms with Gasteiger partial charge in [-0.2, -0.15) is 0 Å². The number of ether oxygens (including phenoxy) is 1. The lowest BCUT2D eigenvalue weighted by molar-refractivity contribution is 0.0642. The lowest BCUT2D eigenvalue weighted by Gasteiger charge is -2.29. The summed E-state index contributed by atoms with van der Waals surface area (Å²) < 4.78 is 19.1. The van der Waals surface area contributed by atoms with Gasteiger partial charge >= 0.3 is 0 Å². The maximum Gasteiger partial charge on any atom is 0.123 e. The molecule has 0 aliphatic carbocycles. The van der Waals surface area contributed by atoms with Gasteiger partial charge in [0.25, 0.3) is 0 Å². The number of aliphatic hydroxyl groups excluding tert-OH is 1. The first-order chi connectivity index (χ1) is 9.63. The number of fused-ring (bicyclic) bond motifs is 1. The van der Waals surface area contributed by atoms with E-state index < -0.39 is 6.10 Å². The monoisotopic (exact) mass is 272 g/mol. The molecule has 2 aromatic rings. The Balaban J connectivity index is 1.83. The minimum Gasteiger partial charge on any atom is -0.493 e. The molecule has 0 saturated carbocycles. The fraction of sp³-hybridized carbons (Fsp3) is 0.294. The molecule has 0 spiro atoms. The fourth-order valence-electron chi connectivity index (χ4n) is 2.76. The first-order valence-corrected chi connectivity index (χ1v) is 6.79. The van der Waals surface area contributed by atoms with Crippen molar-refractivity contribution in [3.8, 4) is 5.75 Å². The summed E-state index contributed by atoms with van der Waals surface area (Å²) in [6.07, 6.45) is 0.0325. The van der Waals surface area contributed by atoms with E-state index in [0.29, 0.717) is 12.2 Å². The Morgan fingerprint density at radius 3 is 2.85 bits per heavy atom. The van der Waals surface area contributed by atoms with Gasteiger partial charge < -0.3 is 9.84 Å². The van der Waals surface area contributed by atoms with Crippen molar-refractivity contribution in [1.82, 2.24) is 0 Å². The van der Waals surface area contributed by atoms with Gasteiger partial charge in [0, 0.05) is 5.92 Å². The van der Waals surface area contributed by atoms with Crippen molar-refractivity contribution in [2.24, 2.45) is 5.92 Å². The van der Waals surface area contributed by atoms with Crippen LogP contribution in [0.1, 0.15) is 22.8 Å². The van der Waals surface area contributed by atoms with Crippen LogP contribution < -0.4 is 4.74 Å². The first kappa shape index (κ1) is 13.1. The lowest BCUT2D eigenvalue weighted by Crippen LogP contribution is -2.26. The molecule has 2 unspecified atom stereocenters. The van der Waals surface area contributed by atoms with E-state index in [1.165, 1.54) is 12.1 Å². The van der Waals surface area contributed by atoms with Crippen molar-refractivity contribution >= 4 is 0 Å². The Morgan fingerprint density at radius 1 is 1.25 bits per heavy atom. The Labute approximate surface area is 117 Å². The third-order valence-electron chi connectivity index (χ3n) is 3.76. The summed E-state index contributed by atoms with van der Waals surface area (Å²) in [5, 5.41) is 10.5. The lowest BCUT2D eigenvalue weighted by atomic mass is 9.88. The second-order valence-electron chi connectivity index (χ2n) is 5.39. The zero-order valence-corrected chi connectivity index (χ0v) is 11.3. The van der Waals surface area contributed by atoms with E-state index in [1.54, 1.807) is 0 Å². The molecule has 0 bridgehead atoms. The highest BCUT2D eigenvalue weighted by molar-refractivity contribution is 5.36. The molecule has 2 atom stereocenters. The third-order valence-corrected chi connectivity index (χ3v) is 3.76. The summed E-state index contributed by atoms with van der Waals surface area (Å²) in [4.78, 5) is 0. The Kier molecular flexibility index (Phi) is 3.45. The number of aryl methyl sites for hydroxylation is 1. The molecule has 3 rings (SSSR count). The molecule has 2 nitrogen and oxygen atoms in total. The van der Waals surface area contributed by atoms with E-state index in [1.807, 2.05) is 37.3 Å². The molecule has 0 aromatic heterocycles. The normalized spacial score (nSPS) is 19.1. The highest BCUT2D eigenvalue weighted by atomic mass is 19.1. The fourth-order valence-corrected chi connectivity index (χ4v) is 2.76. The summed E-state index contributed by atoms with van der Waals surface area (Å²) in [6, 6.07) is 12.5. The molecule has 0 fully saturated rings. The topological polar surface area (TPSA) is 29.5 Å². The zero-order valence-electron chi connectivity index (χ0n) is 11.3. The number of halogens is 1. The van der Waals surface area contributed by atoms with Gasteiger partial charge in [-0.15, -0.1) is 0 Å². The van der Waals surface area contributed by atoms with Gasteiger partial charge in [-0.05, 0) is 48.2 Å². The first-order valence-electron chi connectivity index (χ1n) is 6.79. The average Bonchev–Trinajstić information content (AvgIpc) is 2.45. The Bertz CT molecular complexity index is 604. The summed E-state index contributed by atoms with van der Waals surface area (Å²) >= 11 is 0. The van der Waals surface area contributed by atoms with E-state index in [-0.39, 0.29) is 11.7 Å². The number of para-hydroxylation sites is 1. The molecule has 1 heterocycles. The third kappa shape index (κ3) is 2.54. The largest absolute Gasteiger partial charge is 0.493 e. The van der Waals surface area contributed by atoms with Gasteiger partial charge in [-0.1, -0.05) is 24.3 Å². The Hall–Kier alpha value is -1.87. The molecule has 0 radical (unpaired) electrons. The van der Waals surface area contributed by atoms with Crippen molar-refractivity contribution in [2.75, 3.05) is 6.61 Å². The van der Waals surface area contributed by atoms with Crippen LogP contribution in [0.15, 0.2) is 42.5 Å². The summed E-state index contributed by atoms with van der Waals surface area (Å²) in [5.74, 6) is 0.522. The van der Waals surface area contributed by atoms with E-state index in [9.17, 15) is 9.50 Å².